The van der Waals surface area contributed by atoms with Crippen molar-refractivity contribution in [2.45, 2.75) is 97.4 Å². The lowest BCUT2D eigenvalue weighted by Gasteiger charge is -2.10. The molecule has 0 spiro atoms. The second-order valence-electron chi connectivity index (χ2n) is 6.75. The van der Waals surface area contributed by atoms with Gasteiger partial charge in [-0.15, -0.1) is 0 Å². The maximum atomic E-state index is 4.90. The van der Waals surface area contributed by atoms with Crippen LogP contribution in [0.25, 0.3) is 0 Å². The van der Waals surface area contributed by atoms with Crippen molar-refractivity contribution in [3.63, 3.8) is 0 Å². The number of hydrogen-bond acceptors (Lipinski definition) is 3. The van der Waals surface area contributed by atoms with E-state index in [0.29, 0.717) is 0 Å². The number of aryl methyl sites for hydroxylation is 2. The average Bonchev–Trinajstić information content (AvgIpc) is 3.01. The molecule has 0 bridgehead atoms. The molecular formula is C20H33N3. The summed E-state index contributed by atoms with van der Waals surface area (Å²) in [6.45, 7) is 5.26. The monoisotopic (exact) mass is 315 g/mol. The predicted molar refractivity (Wildman–Crippen MR) is 98.3 cm³/mol. The number of aliphatic imine (C=N–C) groups is 1. The van der Waals surface area contributed by atoms with Gasteiger partial charge in [0.1, 0.15) is 5.69 Å². The van der Waals surface area contributed by atoms with E-state index < -0.39 is 0 Å². The first-order chi connectivity index (χ1) is 11.3. The van der Waals surface area contributed by atoms with Crippen LogP contribution in [-0.4, -0.2) is 16.2 Å². The second-order valence-corrected chi connectivity index (χ2v) is 6.75. The van der Waals surface area contributed by atoms with E-state index in [1.165, 1.54) is 75.6 Å². The summed E-state index contributed by atoms with van der Waals surface area (Å²) < 4.78 is 0. The molecule has 128 valence electrons. The minimum atomic E-state index is 0.724. The van der Waals surface area contributed by atoms with Crippen molar-refractivity contribution in [1.82, 2.24) is 9.97 Å². The highest BCUT2D eigenvalue weighted by Crippen LogP contribution is 2.18. The van der Waals surface area contributed by atoms with Crippen LogP contribution in [0.3, 0.4) is 0 Å². The van der Waals surface area contributed by atoms with Gasteiger partial charge in [-0.25, -0.2) is 4.98 Å². The van der Waals surface area contributed by atoms with Gasteiger partial charge in [0.25, 0.3) is 0 Å². The smallest absolute Gasteiger partial charge is 0.105 e. The number of aromatic nitrogens is 2. The summed E-state index contributed by atoms with van der Waals surface area (Å²) in [5.74, 6) is 0. The molecule has 3 heteroatoms. The van der Waals surface area contributed by atoms with Gasteiger partial charge in [-0.3, -0.25) is 9.98 Å². The van der Waals surface area contributed by atoms with Gasteiger partial charge in [0.05, 0.1) is 23.6 Å². The van der Waals surface area contributed by atoms with Crippen LogP contribution in [0.5, 0.6) is 0 Å². The quantitative estimate of drug-likeness (QED) is 0.482. The molecule has 0 atom stereocenters. The Balaban J connectivity index is 1.89. The minimum absolute atomic E-state index is 0.724. The summed E-state index contributed by atoms with van der Waals surface area (Å²) in [4.78, 5) is 14.1. The van der Waals surface area contributed by atoms with Crippen LogP contribution in [0.2, 0.25) is 0 Å². The van der Waals surface area contributed by atoms with E-state index in [2.05, 4.69) is 18.8 Å². The third-order valence-electron chi connectivity index (χ3n) is 4.64. The van der Waals surface area contributed by atoms with Gasteiger partial charge in [-0.2, -0.15) is 0 Å². The Bertz CT molecular complexity index is 494. The maximum Gasteiger partial charge on any atom is 0.105 e. The molecule has 2 rings (SSSR count). The van der Waals surface area contributed by atoms with E-state index in [9.17, 15) is 0 Å². The second kappa shape index (κ2) is 10.5. The van der Waals surface area contributed by atoms with Gasteiger partial charge in [0.2, 0.25) is 0 Å². The fourth-order valence-electron chi connectivity index (χ4n) is 3.19. The zero-order valence-electron chi connectivity index (χ0n) is 15.1. The summed E-state index contributed by atoms with van der Waals surface area (Å²) in [5.41, 5.74) is 4.59. The highest BCUT2D eigenvalue weighted by Gasteiger charge is 2.15. The molecule has 0 amide bonds. The topological polar surface area (TPSA) is 38.1 Å². The van der Waals surface area contributed by atoms with Gasteiger partial charge in [-0.1, -0.05) is 65.2 Å². The standard InChI is InChI=1S/C20H33N3/c1-3-5-7-9-11-13-17-18(14-12-10-8-6-4-2)23-20-16-21-15-19(20)22-17/h15H,3-14,16H2,1-2H3. The Hall–Kier alpha value is -1.25. The Kier molecular flexibility index (Phi) is 8.27. The third-order valence-corrected chi connectivity index (χ3v) is 4.64. The molecule has 3 nitrogen and oxygen atoms in total. The fourth-order valence-corrected chi connectivity index (χ4v) is 3.19. The Morgan fingerprint density at radius 2 is 1.30 bits per heavy atom. The van der Waals surface area contributed by atoms with Crippen molar-refractivity contribution in [2.75, 3.05) is 0 Å². The van der Waals surface area contributed by atoms with Crippen molar-refractivity contribution in [2.24, 2.45) is 4.99 Å². The SMILES string of the molecule is CCCCCCCc1nc2c(nc1CCCCCCC)CN=C2. The zero-order chi connectivity index (χ0) is 16.3. The van der Waals surface area contributed by atoms with Crippen LogP contribution >= 0.6 is 0 Å². The summed E-state index contributed by atoms with van der Waals surface area (Å²) in [5, 5.41) is 0. The molecule has 0 saturated carbocycles. The molecule has 1 aromatic heterocycles. The molecule has 0 fully saturated rings. The van der Waals surface area contributed by atoms with Crippen LogP contribution in [0.1, 0.15) is 101 Å². The van der Waals surface area contributed by atoms with E-state index in [0.717, 1.165) is 30.8 Å². The molecule has 0 unspecified atom stereocenters. The van der Waals surface area contributed by atoms with Crippen LogP contribution < -0.4 is 0 Å². The number of rotatable bonds is 12. The van der Waals surface area contributed by atoms with E-state index >= 15 is 0 Å². The number of hydrogen-bond donors (Lipinski definition) is 0. The average molecular weight is 316 g/mol. The first-order valence-electron chi connectivity index (χ1n) is 9.73. The van der Waals surface area contributed by atoms with Crippen LogP contribution in [0.15, 0.2) is 4.99 Å². The molecular weight excluding hydrogens is 282 g/mol. The minimum Gasteiger partial charge on any atom is -0.284 e. The van der Waals surface area contributed by atoms with Crippen molar-refractivity contribution < 1.29 is 0 Å². The molecule has 1 aliphatic rings. The largest absolute Gasteiger partial charge is 0.284 e. The fraction of sp³-hybridized carbons (Fsp3) is 0.750. The van der Waals surface area contributed by atoms with Crippen LogP contribution in [-0.2, 0) is 19.4 Å². The normalized spacial score (nSPS) is 12.8. The zero-order valence-corrected chi connectivity index (χ0v) is 15.1. The third kappa shape index (κ3) is 6.04. The summed E-state index contributed by atoms with van der Waals surface area (Å²) >= 11 is 0. The summed E-state index contributed by atoms with van der Waals surface area (Å²) in [6, 6.07) is 0. The maximum absolute atomic E-state index is 4.90. The Morgan fingerprint density at radius 1 is 0.739 bits per heavy atom. The molecule has 23 heavy (non-hydrogen) atoms. The molecule has 0 saturated heterocycles. The molecule has 1 aromatic rings. The van der Waals surface area contributed by atoms with Crippen LogP contribution in [0, 0.1) is 0 Å². The van der Waals surface area contributed by atoms with Crippen molar-refractivity contribution in [3.05, 3.63) is 22.8 Å². The molecule has 0 aromatic carbocycles. The summed E-state index contributed by atoms with van der Waals surface area (Å²) in [6.07, 6.45) is 17.2. The van der Waals surface area contributed by atoms with E-state index in [1.54, 1.807) is 0 Å². The number of unbranched alkanes of at least 4 members (excludes halogenated alkanes) is 8. The van der Waals surface area contributed by atoms with Crippen molar-refractivity contribution in [1.29, 1.82) is 0 Å². The van der Waals surface area contributed by atoms with Gasteiger partial charge in [-0.05, 0) is 25.7 Å². The molecule has 1 aliphatic heterocycles. The highest BCUT2D eigenvalue weighted by atomic mass is 14.9. The first-order valence-corrected chi connectivity index (χ1v) is 9.73. The van der Waals surface area contributed by atoms with E-state index in [4.69, 9.17) is 9.97 Å². The van der Waals surface area contributed by atoms with Gasteiger partial charge in [0, 0.05) is 6.21 Å². The summed E-state index contributed by atoms with van der Waals surface area (Å²) in [7, 11) is 0. The predicted octanol–water partition coefficient (Wildman–Crippen LogP) is 5.43. The molecule has 0 N–H and O–H groups in total. The van der Waals surface area contributed by atoms with Gasteiger partial charge in [0.15, 0.2) is 0 Å². The van der Waals surface area contributed by atoms with E-state index in [-0.39, 0.29) is 0 Å². The highest BCUT2D eigenvalue weighted by molar-refractivity contribution is 5.81. The number of fused-ring (bicyclic) bond motifs is 1. The lowest BCUT2D eigenvalue weighted by molar-refractivity contribution is 0.609. The van der Waals surface area contributed by atoms with Gasteiger partial charge < -0.3 is 0 Å². The molecule has 0 radical (unpaired) electrons. The Morgan fingerprint density at radius 3 is 1.91 bits per heavy atom. The van der Waals surface area contributed by atoms with E-state index in [1.807, 2.05) is 6.21 Å². The first kappa shape index (κ1) is 18.1. The number of nitrogens with zero attached hydrogens (tertiary/aromatic N) is 3. The Labute approximate surface area is 142 Å². The lowest BCUT2D eigenvalue weighted by Crippen LogP contribution is -2.07. The van der Waals surface area contributed by atoms with Crippen molar-refractivity contribution >= 4 is 6.21 Å². The lowest BCUT2D eigenvalue weighted by atomic mass is 10.0. The van der Waals surface area contributed by atoms with Crippen molar-refractivity contribution in [3.8, 4) is 0 Å². The van der Waals surface area contributed by atoms with Crippen LogP contribution in [0.4, 0.5) is 0 Å². The molecule has 2 heterocycles. The molecule has 0 aliphatic carbocycles. The van der Waals surface area contributed by atoms with Gasteiger partial charge >= 0.3 is 0 Å².